The fourth-order valence-corrected chi connectivity index (χ4v) is 4.14. The van der Waals surface area contributed by atoms with Crippen LogP contribution in [0, 0.1) is 0 Å². The van der Waals surface area contributed by atoms with E-state index >= 15 is 0 Å². The Bertz CT molecular complexity index is 1030. The number of phenolic OH excluding ortho intramolecular Hbond substituents is 1. The maximum Gasteiger partial charge on any atom is 0.337 e. The number of benzene rings is 2. The van der Waals surface area contributed by atoms with E-state index in [1.807, 2.05) is 36.4 Å². The lowest BCUT2D eigenvalue weighted by molar-refractivity contribution is -0.136. The van der Waals surface area contributed by atoms with Crippen molar-refractivity contribution in [3.63, 3.8) is 0 Å². The van der Waals surface area contributed by atoms with Gasteiger partial charge in [-0.25, -0.2) is 4.79 Å². The number of hydrogen-bond acceptors (Lipinski definition) is 8. The highest BCUT2D eigenvalue weighted by Crippen LogP contribution is 2.26. The van der Waals surface area contributed by atoms with Gasteiger partial charge in [-0.05, 0) is 48.5 Å². The van der Waals surface area contributed by atoms with Crippen LogP contribution in [0.1, 0.15) is 0 Å². The van der Waals surface area contributed by atoms with Gasteiger partial charge in [0.2, 0.25) is 0 Å². The largest absolute Gasteiger partial charge is 0.508 e. The summed E-state index contributed by atoms with van der Waals surface area (Å²) in [4.78, 5) is 30.8. The normalized spacial score (nSPS) is 16.4. The van der Waals surface area contributed by atoms with Crippen molar-refractivity contribution in [1.82, 2.24) is 4.90 Å². The Balaban J connectivity index is 1.40. The fourth-order valence-electron chi connectivity index (χ4n) is 4.14. The number of ether oxygens (including phenoxy) is 1. The topological polar surface area (TPSA) is 106 Å². The molecule has 9 heteroatoms. The molecule has 0 aromatic heterocycles. The molecule has 3 N–H and O–H groups in total. The van der Waals surface area contributed by atoms with Gasteiger partial charge in [-0.2, -0.15) is 0 Å². The van der Waals surface area contributed by atoms with Crippen LogP contribution in [-0.4, -0.2) is 80.0 Å². The average molecular weight is 453 g/mol. The summed E-state index contributed by atoms with van der Waals surface area (Å²) in [6, 6.07) is 15.0. The minimum Gasteiger partial charge on any atom is -0.508 e. The van der Waals surface area contributed by atoms with Crippen molar-refractivity contribution in [2.24, 2.45) is 0 Å². The van der Waals surface area contributed by atoms with E-state index in [-0.39, 0.29) is 42.6 Å². The minimum absolute atomic E-state index is 0.109. The number of esters is 1. The fraction of sp³-hybridized carbons (Fsp3) is 0.333. The molecule has 4 rings (SSSR count). The molecule has 0 bridgehead atoms. The summed E-state index contributed by atoms with van der Waals surface area (Å²) in [6.07, 6.45) is 0. The number of β-amino-alcohol motifs (C(OH)–C–C–N with tert-alkyl or cyclic N) is 1. The van der Waals surface area contributed by atoms with Crippen molar-refractivity contribution in [2.75, 3.05) is 68.1 Å². The number of nitrogens with zero attached hydrogens (tertiary/aromatic N) is 3. The molecule has 2 aromatic carbocycles. The Kier molecular flexibility index (Phi) is 6.69. The third kappa shape index (κ3) is 4.88. The van der Waals surface area contributed by atoms with Gasteiger partial charge in [0.05, 0.1) is 25.8 Å². The molecule has 2 heterocycles. The summed E-state index contributed by atoms with van der Waals surface area (Å²) < 4.78 is 4.82. The Morgan fingerprint density at radius 1 is 0.970 bits per heavy atom. The lowest BCUT2D eigenvalue weighted by atomic mass is 10.2. The second kappa shape index (κ2) is 9.83. The lowest BCUT2D eigenvalue weighted by Gasteiger charge is -2.37. The van der Waals surface area contributed by atoms with E-state index in [0.29, 0.717) is 5.69 Å². The number of aliphatic hydroxyl groups excluding tert-OH is 1. The Labute approximate surface area is 192 Å². The van der Waals surface area contributed by atoms with Crippen LogP contribution in [0.5, 0.6) is 5.75 Å². The Morgan fingerprint density at radius 3 is 2.03 bits per heavy atom. The van der Waals surface area contributed by atoms with Crippen LogP contribution in [0.25, 0.3) is 0 Å². The van der Waals surface area contributed by atoms with Crippen LogP contribution < -0.4 is 15.1 Å². The van der Waals surface area contributed by atoms with E-state index in [4.69, 9.17) is 4.74 Å². The van der Waals surface area contributed by atoms with E-state index in [1.54, 1.807) is 12.1 Å². The van der Waals surface area contributed by atoms with Gasteiger partial charge >= 0.3 is 5.97 Å². The standard InChI is InChI=1S/C24H28N4O5/c1-33-24(32)21-16-28(14-15-29)23(31)22(21)25-17-2-4-18(5-3-17)26-10-12-27(13-11-26)19-6-8-20(30)9-7-19/h2-9,25,29-30H,10-16H2,1H3. The van der Waals surface area contributed by atoms with Gasteiger partial charge in [0.15, 0.2) is 0 Å². The van der Waals surface area contributed by atoms with Gasteiger partial charge in [0, 0.05) is 49.8 Å². The molecule has 0 spiro atoms. The van der Waals surface area contributed by atoms with Gasteiger partial charge in [-0.3, -0.25) is 4.79 Å². The smallest absolute Gasteiger partial charge is 0.337 e. The van der Waals surface area contributed by atoms with Crippen molar-refractivity contribution < 1.29 is 24.5 Å². The first-order chi connectivity index (χ1) is 16.0. The minimum atomic E-state index is -0.561. The zero-order valence-electron chi connectivity index (χ0n) is 18.5. The maximum atomic E-state index is 12.7. The molecule has 2 aromatic rings. The van der Waals surface area contributed by atoms with Gasteiger partial charge in [0.1, 0.15) is 11.4 Å². The number of methoxy groups -OCH3 is 1. The van der Waals surface area contributed by atoms with Crippen LogP contribution in [0.3, 0.4) is 0 Å². The summed E-state index contributed by atoms with van der Waals surface area (Å²) in [6.45, 7) is 3.55. The highest BCUT2D eigenvalue weighted by atomic mass is 16.5. The number of carbonyl (C=O) groups excluding carboxylic acids is 2. The van der Waals surface area contributed by atoms with E-state index in [2.05, 4.69) is 15.1 Å². The van der Waals surface area contributed by atoms with Crippen molar-refractivity contribution in [3.05, 3.63) is 59.8 Å². The number of piperazine rings is 1. The van der Waals surface area contributed by atoms with Gasteiger partial charge in [0.25, 0.3) is 5.91 Å². The zero-order chi connectivity index (χ0) is 23.4. The molecule has 33 heavy (non-hydrogen) atoms. The van der Waals surface area contributed by atoms with Crippen LogP contribution >= 0.6 is 0 Å². The summed E-state index contributed by atoms with van der Waals surface area (Å²) in [5, 5.41) is 21.7. The van der Waals surface area contributed by atoms with E-state index in [9.17, 15) is 19.8 Å². The first-order valence-corrected chi connectivity index (χ1v) is 10.9. The molecule has 1 saturated heterocycles. The molecular weight excluding hydrogens is 424 g/mol. The Hall–Kier alpha value is -3.72. The molecule has 9 nitrogen and oxygen atoms in total. The van der Waals surface area contributed by atoms with Crippen LogP contribution in [0.4, 0.5) is 17.1 Å². The molecule has 0 aliphatic carbocycles. The molecule has 0 radical (unpaired) electrons. The van der Waals surface area contributed by atoms with E-state index in [0.717, 1.165) is 37.6 Å². The van der Waals surface area contributed by atoms with Crippen molar-refractivity contribution >= 4 is 28.9 Å². The summed E-state index contributed by atoms with van der Waals surface area (Å²) >= 11 is 0. The van der Waals surface area contributed by atoms with Crippen LogP contribution in [0.2, 0.25) is 0 Å². The number of carbonyl (C=O) groups is 2. The number of amides is 1. The third-order valence-corrected chi connectivity index (χ3v) is 5.95. The number of anilines is 3. The maximum absolute atomic E-state index is 12.7. The number of phenols is 1. The highest BCUT2D eigenvalue weighted by Gasteiger charge is 2.34. The molecule has 1 amide bonds. The van der Waals surface area contributed by atoms with Gasteiger partial charge in [-0.15, -0.1) is 0 Å². The van der Waals surface area contributed by atoms with Crippen molar-refractivity contribution in [2.45, 2.75) is 0 Å². The first kappa shape index (κ1) is 22.5. The van der Waals surface area contributed by atoms with Crippen LogP contribution in [-0.2, 0) is 14.3 Å². The second-order valence-corrected chi connectivity index (χ2v) is 7.96. The zero-order valence-corrected chi connectivity index (χ0v) is 18.5. The van der Waals surface area contributed by atoms with Crippen LogP contribution in [0.15, 0.2) is 59.8 Å². The number of rotatable bonds is 7. The number of nitrogens with one attached hydrogen (secondary N) is 1. The molecular formula is C24H28N4O5. The summed E-state index contributed by atoms with van der Waals surface area (Å²) in [5.74, 6) is -0.630. The van der Waals surface area contributed by atoms with Crippen molar-refractivity contribution in [3.8, 4) is 5.75 Å². The highest BCUT2D eigenvalue weighted by molar-refractivity contribution is 6.08. The molecule has 0 unspecified atom stereocenters. The molecule has 1 fully saturated rings. The lowest BCUT2D eigenvalue weighted by Crippen LogP contribution is -2.46. The molecule has 0 saturated carbocycles. The molecule has 2 aliphatic rings. The number of aromatic hydroxyl groups is 1. The summed E-state index contributed by atoms with van der Waals surface area (Å²) in [5.41, 5.74) is 3.30. The van der Waals surface area contributed by atoms with Gasteiger partial charge in [-0.1, -0.05) is 0 Å². The van der Waals surface area contributed by atoms with E-state index in [1.165, 1.54) is 12.0 Å². The molecule has 2 aliphatic heterocycles. The van der Waals surface area contributed by atoms with E-state index < -0.39 is 5.97 Å². The third-order valence-electron chi connectivity index (χ3n) is 5.95. The predicted octanol–water partition coefficient (Wildman–Crippen LogP) is 1.39. The monoisotopic (exact) mass is 452 g/mol. The average Bonchev–Trinajstić information content (AvgIpc) is 3.15. The van der Waals surface area contributed by atoms with Gasteiger partial charge < -0.3 is 35.0 Å². The summed E-state index contributed by atoms with van der Waals surface area (Å²) in [7, 11) is 1.28. The quantitative estimate of drug-likeness (QED) is 0.542. The predicted molar refractivity (Wildman–Crippen MR) is 125 cm³/mol. The molecule has 174 valence electrons. The van der Waals surface area contributed by atoms with Crippen molar-refractivity contribution in [1.29, 1.82) is 0 Å². The number of aliphatic hydroxyl groups is 1. The molecule has 0 atom stereocenters. The second-order valence-electron chi connectivity index (χ2n) is 7.96. The Morgan fingerprint density at radius 2 is 1.52 bits per heavy atom. The number of hydrogen-bond donors (Lipinski definition) is 3. The first-order valence-electron chi connectivity index (χ1n) is 10.9. The SMILES string of the molecule is COC(=O)C1=C(Nc2ccc(N3CCN(c4ccc(O)cc4)CC3)cc2)C(=O)N(CCO)C1.